The van der Waals surface area contributed by atoms with E-state index in [1.54, 1.807) is 6.92 Å². The van der Waals surface area contributed by atoms with E-state index in [9.17, 15) is 13.2 Å². The molecule has 0 aliphatic carbocycles. The molecule has 2 aromatic rings. The highest BCUT2D eigenvalue weighted by Crippen LogP contribution is 2.34. The Balaban J connectivity index is 2.37. The minimum Gasteiger partial charge on any atom is -0.376 e. The van der Waals surface area contributed by atoms with E-state index in [1.807, 2.05) is 0 Å². The summed E-state index contributed by atoms with van der Waals surface area (Å²) in [5.74, 6) is -1.77. The minimum atomic E-state index is -0.625. The Bertz CT molecular complexity index is 689. The third-order valence-corrected chi connectivity index (χ3v) is 3.85. The molecule has 1 unspecified atom stereocenters. The van der Waals surface area contributed by atoms with Crippen LogP contribution in [0.1, 0.15) is 24.1 Å². The van der Waals surface area contributed by atoms with E-state index in [0.29, 0.717) is 5.56 Å². The molecule has 0 fully saturated rings. The first kappa shape index (κ1) is 16.0. The van der Waals surface area contributed by atoms with Gasteiger partial charge in [0.25, 0.3) is 0 Å². The molecule has 0 aliphatic rings. The Hall–Kier alpha value is -1.39. The van der Waals surface area contributed by atoms with Crippen LogP contribution in [0.3, 0.4) is 0 Å². The van der Waals surface area contributed by atoms with Gasteiger partial charge in [-0.05, 0) is 37.6 Å². The molecule has 1 atom stereocenters. The van der Waals surface area contributed by atoms with Gasteiger partial charge in [0.2, 0.25) is 0 Å². The van der Waals surface area contributed by atoms with Crippen LogP contribution in [-0.4, -0.2) is 0 Å². The lowest BCUT2D eigenvalue weighted by molar-refractivity contribution is 0.592. The maximum atomic E-state index is 13.8. The van der Waals surface area contributed by atoms with Gasteiger partial charge in [-0.15, -0.1) is 0 Å². The molecule has 0 radical (unpaired) electrons. The molecule has 2 rings (SSSR count). The van der Waals surface area contributed by atoms with Gasteiger partial charge in [0.15, 0.2) is 0 Å². The zero-order valence-electron chi connectivity index (χ0n) is 11.3. The second kappa shape index (κ2) is 6.16. The van der Waals surface area contributed by atoms with Crippen molar-refractivity contribution < 1.29 is 13.2 Å². The van der Waals surface area contributed by atoms with Gasteiger partial charge in [0, 0.05) is 16.7 Å². The first-order chi connectivity index (χ1) is 9.81. The first-order valence-corrected chi connectivity index (χ1v) is 6.92. The largest absolute Gasteiger partial charge is 0.376 e. The number of halogens is 5. The van der Waals surface area contributed by atoms with Crippen LogP contribution in [0.25, 0.3) is 0 Å². The SMILES string of the molecule is Cc1cc(F)c(NC(C)c2c(Cl)ccc(F)c2Cl)cc1F. The van der Waals surface area contributed by atoms with Gasteiger partial charge in [-0.2, -0.15) is 0 Å². The van der Waals surface area contributed by atoms with Crippen molar-refractivity contribution in [3.05, 3.63) is 62.9 Å². The molecule has 2 aromatic carbocycles. The Labute approximate surface area is 130 Å². The Morgan fingerprint density at radius 2 is 1.67 bits per heavy atom. The standard InChI is InChI=1S/C15H12Cl2F3N/c1-7-5-12(20)13(6-11(7)19)21-8(2)14-9(16)3-4-10(18)15(14)17/h3-6,8,21H,1-2H3. The maximum Gasteiger partial charge on any atom is 0.146 e. The summed E-state index contributed by atoms with van der Waals surface area (Å²) in [5, 5.41) is 2.85. The number of anilines is 1. The molecule has 0 amide bonds. The van der Waals surface area contributed by atoms with E-state index in [-0.39, 0.29) is 21.3 Å². The number of aryl methyl sites for hydroxylation is 1. The second-order valence-corrected chi connectivity index (χ2v) is 5.49. The summed E-state index contributed by atoms with van der Waals surface area (Å²) in [6, 6.07) is 4.04. The highest BCUT2D eigenvalue weighted by Gasteiger charge is 2.18. The lowest BCUT2D eigenvalue weighted by Gasteiger charge is -2.19. The molecule has 0 aliphatic heterocycles. The van der Waals surface area contributed by atoms with E-state index in [4.69, 9.17) is 23.2 Å². The third kappa shape index (κ3) is 3.27. The van der Waals surface area contributed by atoms with Gasteiger partial charge < -0.3 is 5.32 Å². The van der Waals surface area contributed by atoms with Gasteiger partial charge in [-0.25, -0.2) is 13.2 Å². The summed E-state index contributed by atoms with van der Waals surface area (Å²) in [7, 11) is 0. The Morgan fingerprint density at radius 3 is 2.33 bits per heavy atom. The first-order valence-electron chi connectivity index (χ1n) is 6.16. The summed E-state index contributed by atoms with van der Waals surface area (Å²) in [6.45, 7) is 3.09. The van der Waals surface area contributed by atoms with E-state index in [1.165, 1.54) is 13.0 Å². The topological polar surface area (TPSA) is 12.0 Å². The molecule has 0 heterocycles. The summed E-state index contributed by atoms with van der Waals surface area (Å²) >= 11 is 11.9. The molecule has 0 bridgehead atoms. The molecule has 112 valence electrons. The normalized spacial score (nSPS) is 12.3. The molecule has 0 aromatic heterocycles. The Morgan fingerprint density at radius 1 is 1.00 bits per heavy atom. The van der Waals surface area contributed by atoms with Crippen LogP contribution in [0.2, 0.25) is 10.0 Å². The quantitative estimate of drug-likeness (QED) is 0.690. The molecule has 6 heteroatoms. The lowest BCUT2D eigenvalue weighted by Crippen LogP contribution is -2.10. The van der Waals surface area contributed by atoms with E-state index < -0.39 is 23.5 Å². The minimum absolute atomic E-state index is 0.0398. The number of hydrogen-bond donors (Lipinski definition) is 1. The fourth-order valence-corrected chi connectivity index (χ4v) is 2.70. The maximum absolute atomic E-state index is 13.8. The molecule has 0 saturated carbocycles. The smallest absolute Gasteiger partial charge is 0.146 e. The van der Waals surface area contributed by atoms with Gasteiger partial charge in [0.05, 0.1) is 16.8 Å². The zero-order valence-corrected chi connectivity index (χ0v) is 12.8. The summed E-state index contributed by atoms with van der Waals surface area (Å²) in [4.78, 5) is 0. The summed E-state index contributed by atoms with van der Waals surface area (Å²) in [5.41, 5.74) is 0.452. The lowest BCUT2D eigenvalue weighted by atomic mass is 10.1. The van der Waals surface area contributed by atoms with Crippen LogP contribution in [0, 0.1) is 24.4 Å². The van der Waals surface area contributed by atoms with Crippen molar-refractivity contribution >= 4 is 28.9 Å². The fourth-order valence-electron chi connectivity index (χ4n) is 2.00. The highest BCUT2D eigenvalue weighted by atomic mass is 35.5. The van der Waals surface area contributed by atoms with Crippen molar-refractivity contribution in [2.24, 2.45) is 0 Å². The average molecular weight is 334 g/mol. The van der Waals surface area contributed by atoms with E-state index in [0.717, 1.165) is 18.2 Å². The summed E-state index contributed by atoms with van der Waals surface area (Å²) < 4.78 is 40.8. The molecular weight excluding hydrogens is 322 g/mol. The van der Waals surface area contributed by atoms with Crippen LogP contribution in [0.4, 0.5) is 18.9 Å². The number of benzene rings is 2. The van der Waals surface area contributed by atoms with Crippen LogP contribution in [0.5, 0.6) is 0 Å². The van der Waals surface area contributed by atoms with Crippen LogP contribution in [-0.2, 0) is 0 Å². The number of hydrogen-bond acceptors (Lipinski definition) is 1. The van der Waals surface area contributed by atoms with E-state index >= 15 is 0 Å². The van der Waals surface area contributed by atoms with Gasteiger partial charge in [-0.1, -0.05) is 23.2 Å². The zero-order chi connectivity index (χ0) is 15.7. The van der Waals surface area contributed by atoms with Crippen LogP contribution in [0.15, 0.2) is 24.3 Å². The predicted molar refractivity (Wildman–Crippen MR) is 79.6 cm³/mol. The Kier molecular flexibility index (Phi) is 4.69. The molecule has 1 N–H and O–H groups in total. The molecule has 0 saturated heterocycles. The van der Waals surface area contributed by atoms with Crippen LogP contribution < -0.4 is 5.32 Å². The van der Waals surface area contributed by atoms with Crippen molar-refractivity contribution in [3.63, 3.8) is 0 Å². The van der Waals surface area contributed by atoms with Gasteiger partial charge in [0.1, 0.15) is 17.5 Å². The highest BCUT2D eigenvalue weighted by molar-refractivity contribution is 6.36. The fraction of sp³-hybridized carbons (Fsp3) is 0.200. The number of rotatable bonds is 3. The predicted octanol–water partition coefficient (Wildman–Crippen LogP) is 5.89. The molecule has 1 nitrogen and oxygen atoms in total. The second-order valence-electron chi connectivity index (χ2n) is 4.70. The van der Waals surface area contributed by atoms with Gasteiger partial charge in [-0.3, -0.25) is 0 Å². The van der Waals surface area contributed by atoms with Crippen molar-refractivity contribution in [1.29, 1.82) is 0 Å². The molecule has 0 spiro atoms. The third-order valence-electron chi connectivity index (χ3n) is 3.13. The van der Waals surface area contributed by atoms with Crippen molar-refractivity contribution in [2.45, 2.75) is 19.9 Å². The van der Waals surface area contributed by atoms with Crippen molar-refractivity contribution in [3.8, 4) is 0 Å². The summed E-state index contributed by atoms with van der Waals surface area (Å²) in [6.07, 6.45) is 0. The monoisotopic (exact) mass is 333 g/mol. The molecular formula is C15H12Cl2F3N. The van der Waals surface area contributed by atoms with E-state index in [2.05, 4.69) is 5.32 Å². The molecule has 21 heavy (non-hydrogen) atoms. The van der Waals surface area contributed by atoms with Crippen molar-refractivity contribution in [1.82, 2.24) is 0 Å². The van der Waals surface area contributed by atoms with Gasteiger partial charge >= 0.3 is 0 Å². The van der Waals surface area contributed by atoms with Crippen LogP contribution >= 0.6 is 23.2 Å². The number of nitrogens with one attached hydrogen (secondary N) is 1. The van der Waals surface area contributed by atoms with Crippen molar-refractivity contribution in [2.75, 3.05) is 5.32 Å². The average Bonchev–Trinajstić information content (AvgIpc) is 2.41.